The molecule has 0 fully saturated rings. The molecule has 1 aromatic rings. The molecule has 0 spiro atoms. The van der Waals surface area contributed by atoms with Crippen LogP contribution in [-0.2, 0) is 0 Å². The SMILES string of the molecule is CNc1cc([N+](=O)[O-])ccc1C(C)=N. The van der Waals surface area contributed by atoms with Crippen molar-refractivity contribution in [3.8, 4) is 0 Å². The lowest BCUT2D eigenvalue weighted by atomic mass is 10.1. The molecule has 2 N–H and O–H groups in total. The zero-order chi connectivity index (χ0) is 10.7. The summed E-state index contributed by atoms with van der Waals surface area (Å²) in [6.45, 7) is 1.64. The van der Waals surface area contributed by atoms with Crippen LogP contribution in [0.2, 0.25) is 0 Å². The van der Waals surface area contributed by atoms with E-state index in [1.807, 2.05) is 0 Å². The van der Waals surface area contributed by atoms with Gasteiger partial charge in [0.05, 0.1) is 4.92 Å². The highest BCUT2D eigenvalue weighted by Gasteiger charge is 2.10. The Kier molecular flexibility index (Phi) is 2.81. The molecule has 1 aromatic carbocycles. The molecule has 0 saturated carbocycles. The van der Waals surface area contributed by atoms with Crippen molar-refractivity contribution in [2.45, 2.75) is 6.92 Å². The van der Waals surface area contributed by atoms with Crippen molar-refractivity contribution in [3.05, 3.63) is 33.9 Å². The zero-order valence-corrected chi connectivity index (χ0v) is 8.00. The number of hydrogen-bond acceptors (Lipinski definition) is 4. The number of hydrogen-bond donors (Lipinski definition) is 2. The van der Waals surface area contributed by atoms with Crippen LogP contribution < -0.4 is 5.32 Å². The van der Waals surface area contributed by atoms with Gasteiger partial charge in [-0.15, -0.1) is 0 Å². The van der Waals surface area contributed by atoms with Crippen molar-refractivity contribution >= 4 is 17.1 Å². The second-order valence-electron chi connectivity index (χ2n) is 2.86. The lowest BCUT2D eigenvalue weighted by molar-refractivity contribution is -0.384. The van der Waals surface area contributed by atoms with Gasteiger partial charge in [0, 0.05) is 36.1 Å². The summed E-state index contributed by atoms with van der Waals surface area (Å²) in [4.78, 5) is 10.0. The average molecular weight is 193 g/mol. The van der Waals surface area contributed by atoms with Gasteiger partial charge in [-0.1, -0.05) is 0 Å². The monoisotopic (exact) mass is 193 g/mol. The first-order valence-electron chi connectivity index (χ1n) is 4.08. The summed E-state index contributed by atoms with van der Waals surface area (Å²) >= 11 is 0. The second-order valence-corrected chi connectivity index (χ2v) is 2.86. The number of non-ortho nitro benzene ring substituents is 1. The van der Waals surface area contributed by atoms with Gasteiger partial charge in [-0.3, -0.25) is 10.1 Å². The molecule has 0 heterocycles. The van der Waals surface area contributed by atoms with Crippen LogP contribution in [0.3, 0.4) is 0 Å². The number of benzene rings is 1. The normalized spacial score (nSPS) is 9.57. The van der Waals surface area contributed by atoms with Crippen molar-refractivity contribution in [2.24, 2.45) is 0 Å². The van der Waals surface area contributed by atoms with Gasteiger partial charge in [0.25, 0.3) is 5.69 Å². The predicted molar refractivity (Wildman–Crippen MR) is 55.1 cm³/mol. The second kappa shape index (κ2) is 3.87. The van der Waals surface area contributed by atoms with E-state index in [9.17, 15) is 10.1 Å². The number of rotatable bonds is 3. The fourth-order valence-electron chi connectivity index (χ4n) is 1.18. The van der Waals surface area contributed by atoms with E-state index in [0.717, 1.165) is 0 Å². The van der Waals surface area contributed by atoms with Crippen LogP contribution in [0, 0.1) is 15.5 Å². The highest BCUT2D eigenvalue weighted by molar-refractivity contribution is 6.01. The number of nitrogens with one attached hydrogen (secondary N) is 2. The van der Waals surface area contributed by atoms with Gasteiger partial charge in [-0.05, 0) is 13.0 Å². The highest BCUT2D eigenvalue weighted by Crippen LogP contribution is 2.22. The lowest BCUT2D eigenvalue weighted by Gasteiger charge is -2.06. The molecule has 0 aliphatic heterocycles. The molecule has 1 rings (SSSR count). The first kappa shape index (κ1) is 10.2. The molecule has 0 bridgehead atoms. The van der Waals surface area contributed by atoms with E-state index in [4.69, 9.17) is 5.41 Å². The van der Waals surface area contributed by atoms with Gasteiger partial charge >= 0.3 is 0 Å². The zero-order valence-electron chi connectivity index (χ0n) is 8.00. The molecule has 74 valence electrons. The van der Waals surface area contributed by atoms with Crippen LogP contribution in [0.1, 0.15) is 12.5 Å². The quantitative estimate of drug-likeness (QED) is 0.438. The van der Waals surface area contributed by atoms with E-state index < -0.39 is 4.92 Å². The van der Waals surface area contributed by atoms with E-state index in [1.165, 1.54) is 12.1 Å². The summed E-state index contributed by atoms with van der Waals surface area (Å²) < 4.78 is 0. The molecule has 0 unspecified atom stereocenters. The number of nitro groups is 1. The topological polar surface area (TPSA) is 79.0 Å². The van der Waals surface area contributed by atoms with Crippen LogP contribution in [0.4, 0.5) is 11.4 Å². The third kappa shape index (κ3) is 1.87. The molecule has 5 nitrogen and oxygen atoms in total. The summed E-state index contributed by atoms with van der Waals surface area (Å²) in [5.74, 6) is 0. The van der Waals surface area contributed by atoms with Gasteiger partial charge in [-0.25, -0.2) is 0 Å². The maximum absolute atomic E-state index is 10.5. The fourth-order valence-corrected chi connectivity index (χ4v) is 1.18. The molecule has 0 aromatic heterocycles. The molecular weight excluding hydrogens is 182 g/mol. The first-order valence-corrected chi connectivity index (χ1v) is 4.08. The molecule has 0 amide bonds. The van der Waals surface area contributed by atoms with Crippen LogP contribution in [0.5, 0.6) is 0 Å². The van der Waals surface area contributed by atoms with Crippen LogP contribution >= 0.6 is 0 Å². The largest absolute Gasteiger partial charge is 0.387 e. The molecule has 14 heavy (non-hydrogen) atoms. The predicted octanol–water partition coefficient (Wildman–Crippen LogP) is 2.02. The molecular formula is C9H11N3O2. The number of nitrogens with zero attached hydrogens (tertiary/aromatic N) is 1. The van der Waals surface area contributed by atoms with Crippen LogP contribution in [0.25, 0.3) is 0 Å². The molecule has 0 radical (unpaired) electrons. The molecule has 0 saturated heterocycles. The van der Waals surface area contributed by atoms with Crippen molar-refractivity contribution in [2.75, 3.05) is 12.4 Å². The minimum atomic E-state index is -0.454. The van der Waals surface area contributed by atoms with Gasteiger partial charge in [0.1, 0.15) is 0 Å². The summed E-state index contributed by atoms with van der Waals surface area (Å²) in [5, 5.41) is 20.7. The lowest BCUT2D eigenvalue weighted by Crippen LogP contribution is -2.01. The maximum Gasteiger partial charge on any atom is 0.271 e. The van der Waals surface area contributed by atoms with E-state index in [-0.39, 0.29) is 5.69 Å². The summed E-state index contributed by atoms with van der Waals surface area (Å²) in [7, 11) is 1.67. The minimum Gasteiger partial charge on any atom is -0.387 e. The van der Waals surface area contributed by atoms with E-state index >= 15 is 0 Å². The van der Waals surface area contributed by atoms with Crippen molar-refractivity contribution < 1.29 is 4.92 Å². The Bertz CT molecular complexity index is 388. The molecule has 5 heteroatoms. The van der Waals surface area contributed by atoms with Gasteiger partial charge in [0.2, 0.25) is 0 Å². The van der Waals surface area contributed by atoms with Gasteiger partial charge < -0.3 is 10.7 Å². The molecule has 0 aliphatic rings. The van der Waals surface area contributed by atoms with Gasteiger partial charge in [-0.2, -0.15) is 0 Å². The minimum absolute atomic E-state index is 0.0272. The highest BCUT2D eigenvalue weighted by atomic mass is 16.6. The fraction of sp³-hybridized carbons (Fsp3) is 0.222. The average Bonchev–Trinajstić information content (AvgIpc) is 2.16. The third-order valence-corrected chi connectivity index (χ3v) is 1.89. The Labute approximate surface area is 81.4 Å². The van der Waals surface area contributed by atoms with Crippen molar-refractivity contribution in [1.29, 1.82) is 5.41 Å². The Morgan fingerprint density at radius 3 is 2.64 bits per heavy atom. The molecule has 0 aliphatic carbocycles. The van der Waals surface area contributed by atoms with Crippen LogP contribution in [-0.4, -0.2) is 17.7 Å². The third-order valence-electron chi connectivity index (χ3n) is 1.89. The standard InChI is InChI=1S/C9H11N3O2/c1-6(10)8-4-3-7(12(13)14)5-9(8)11-2/h3-5,10-11H,1-2H3. The smallest absolute Gasteiger partial charge is 0.271 e. The number of nitro benzene ring substituents is 1. The van der Waals surface area contributed by atoms with Crippen molar-refractivity contribution in [1.82, 2.24) is 0 Å². The Hall–Kier alpha value is -1.91. The number of anilines is 1. The maximum atomic E-state index is 10.5. The summed E-state index contributed by atoms with van der Waals surface area (Å²) in [6, 6.07) is 4.40. The Morgan fingerprint density at radius 1 is 1.57 bits per heavy atom. The Morgan fingerprint density at radius 2 is 2.21 bits per heavy atom. The summed E-state index contributed by atoms with van der Waals surface area (Å²) in [5.41, 5.74) is 1.69. The van der Waals surface area contributed by atoms with Crippen molar-refractivity contribution in [3.63, 3.8) is 0 Å². The molecule has 0 atom stereocenters. The van der Waals surface area contributed by atoms with E-state index in [1.54, 1.807) is 20.0 Å². The van der Waals surface area contributed by atoms with E-state index in [0.29, 0.717) is 17.0 Å². The van der Waals surface area contributed by atoms with Crippen LogP contribution in [0.15, 0.2) is 18.2 Å². The van der Waals surface area contributed by atoms with E-state index in [2.05, 4.69) is 5.32 Å². The van der Waals surface area contributed by atoms with Gasteiger partial charge in [0.15, 0.2) is 0 Å². The Balaban J connectivity index is 3.25. The summed E-state index contributed by atoms with van der Waals surface area (Å²) in [6.07, 6.45) is 0. The first-order chi connectivity index (χ1) is 6.56.